The maximum absolute atomic E-state index is 13.2. The van der Waals surface area contributed by atoms with Crippen molar-refractivity contribution in [3.05, 3.63) is 11.6 Å². The molecule has 3 saturated carbocycles. The van der Waals surface area contributed by atoms with E-state index in [2.05, 4.69) is 40.7 Å². The van der Waals surface area contributed by atoms with E-state index in [1.54, 1.807) is 13.8 Å². The Morgan fingerprint density at radius 1 is 1.03 bits per heavy atom. The fourth-order valence-corrected chi connectivity index (χ4v) is 9.89. The van der Waals surface area contributed by atoms with Crippen molar-refractivity contribution in [3.63, 3.8) is 0 Å². The van der Waals surface area contributed by atoms with Gasteiger partial charge in [-0.15, -0.1) is 0 Å². The molecule has 0 spiro atoms. The molecule has 0 amide bonds. The van der Waals surface area contributed by atoms with Gasteiger partial charge in [0, 0.05) is 17.8 Å². The van der Waals surface area contributed by atoms with E-state index in [0.717, 1.165) is 25.7 Å². The van der Waals surface area contributed by atoms with Gasteiger partial charge in [-0.3, -0.25) is 9.59 Å². The summed E-state index contributed by atoms with van der Waals surface area (Å²) in [5.74, 6) is 0.463. The molecule has 4 fully saturated rings. The molecule has 0 aromatic heterocycles. The molecule has 1 saturated heterocycles. The zero-order valence-corrected chi connectivity index (χ0v) is 22.8. The molecule has 0 aromatic rings. The lowest BCUT2D eigenvalue weighted by atomic mass is 9.41. The topological polar surface area (TPSA) is 83.8 Å². The SMILES string of the molecule is CC(C)(O)C1CCC(C2C(O)CC3(C)C4=CCC5C(C)(C)C(=O)CCC5(C)C4CCC23C)C(=O)O1. The van der Waals surface area contributed by atoms with Crippen molar-refractivity contribution in [1.29, 1.82) is 0 Å². The molecule has 1 aliphatic heterocycles. The molecule has 35 heavy (non-hydrogen) atoms. The van der Waals surface area contributed by atoms with Gasteiger partial charge in [0.25, 0.3) is 0 Å². The molecule has 9 unspecified atom stereocenters. The summed E-state index contributed by atoms with van der Waals surface area (Å²) in [4.78, 5) is 26.1. The van der Waals surface area contributed by atoms with Gasteiger partial charge in [0.1, 0.15) is 11.9 Å². The molecule has 5 heteroatoms. The highest BCUT2D eigenvalue weighted by atomic mass is 16.6. The minimum atomic E-state index is -1.06. The van der Waals surface area contributed by atoms with Crippen LogP contribution in [0.2, 0.25) is 0 Å². The first-order valence-electron chi connectivity index (χ1n) is 13.9. The van der Waals surface area contributed by atoms with Crippen molar-refractivity contribution < 1.29 is 24.5 Å². The smallest absolute Gasteiger partial charge is 0.309 e. The van der Waals surface area contributed by atoms with Gasteiger partial charge in [-0.2, -0.15) is 0 Å². The average Bonchev–Trinajstić information content (AvgIpc) is 2.96. The van der Waals surface area contributed by atoms with Crippen molar-refractivity contribution in [3.8, 4) is 0 Å². The summed E-state index contributed by atoms with van der Waals surface area (Å²) < 4.78 is 5.76. The van der Waals surface area contributed by atoms with E-state index in [1.807, 2.05) is 0 Å². The molecule has 5 aliphatic rings. The number of esters is 1. The number of ether oxygens (including phenoxy) is 1. The number of carbonyl (C=O) groups excluding carboxylic acids is 2. The third-order valence-corrected chi connectivity index (χ3v) is 12.2. The summed E-state index contributed by atoms with van der Waals surface area (Å²) in [5, 5.41) is 21.9. The van der Waals surface area contributed by atoms with Crippen LogP contribution in [0.4, 0.5) is 0 Å². The molecule has 5 nitrogen and oxygen atoms in total. The van der Waals surface area contributed by atoms with Gasteiger partial charge in [0.05, 0.1) is 17.6 Å². The Hall–Kier alpha value is -1.20. The highest BCUT2D eigenvalue weighted by Gasteiger charge is 2.68. The number of Topliss-reactive ketones (excluding diaryl/α,β-unsaturated/α-hetero) is 1. The molecule has 0 radical (unpaired) electrons. The molecule has 0 bridgehead atoms. The van der Waals surface area contributed by atoms with Gasteiger partial charge in [-0.25, -0.2) is 0 Å². The van der Waals surface area contributed by atoms with Gasteiger partial charge >= 0.3 is 5.97 Å². The molecule has 5 rings (SSSR count). The van der Waals surface area contributed by atoms with Crippen LogP contribution in [0.1, 0.15) is 99.8 Å². The zero-order chi connectivity index (χ0) is 25.8. The summed E-state index contributed by atoms with van der Waals surface area (Å²) in [7, 11) is 0. The van der Waals surface area contributed by atoms with E-state index in [9.17, 15) is 19.8 Å². The number of allylic oxidation sites excluding steroid dienone is 2. The lowest BCUT2D eigenvalue weighted by Crippen LogP contribution is -2.57. The van der Waals surface area contributed by atoms with Crippen LogP contribution >= 0.6 is 0 Å². The quantitative estimate of drug-likeness (QED) is 0.413. The summed E-state index contributed by atoms with van der Waals surface area (Å²) in [6.07, 6.45) is 7.93. The second-order valence-corrected chi connectivity index (χ2v) is 14.5. The van der Waals surface area contributed by atoms with Crippen LogP contribution in [-0.4, -0.2) is 39.8 Å². The van der Waals surface area contributed by atoms with E-state index in [1.165, 1.54) is 5.57 Å². The van der Waals surface area contributed by atoms with E-state index in [4.69, 9.17) is 4.74 Å². The Kier molecular flexibility index (Phi) is 5.57. The van der Waals surface area contributed by atoms with Crippen LogP contribution in [0, 0.1) is 45.3 Å². The second-order valence-electron chi connectivity index (χ2n) is 14.5. The highest BCUT2D eigenvalue weighted by molar-refractivity contribution is 5.85. The number of carbonyl (C=O) groups is 2. The third-order valence-electron chi connectivity index (χ3n) is 12.2. The van der Waals surface area contributed by atoms with E-state index < -0.39 is 17.8 Å². The zero-order valence-electron chi connectivity index (χ0n) is 22.8. The van der Waals surface area contributed by atoms with Crippen molar-refractivity contribution in [2.24, 2.45) is 45.3 Å². The van der Waals surface area contributed by atoms with Crippen LogP contribution in [-0.2, 0) is 14.3 Å². The Balaban J connectivity index is 1.48. The monoisotopic (exact) mass is 486 g/mol. The lowest BCUT2D eigenvalue weighted by Gasteiger charge is -2.63. The molecule has 0 aromatic carbocycles. The van der Waals surface area contributed by atoms with E-state index in [0.29, 0.717) is 43.3 Å². The maximum Gasteiger partial charge on any atom is 0.309 e. The first-order valence-corrected chi connectivity index (χ1v) is 13.9. The fraction of sp³-hybridized carbons (Fsp3) is 0.867. The Morgan fingerprint density at radius 2 is 1.71 bits per heavy atom. The predicted molar refractivity (Wildman–Crippen MR) is 134 cm³/mol. The molecular weight excluding hydrogens is 440 g/mol. The lowest BCUT2D eigenvalue weighted by molar-refractivity contribution is -0.184. The van der Waals surface area contributed by atoms with Crippen molar-refractivity contribution in [1.82, 2.24) is 0 Å². The summed E-state index contributed by atoms with van der Waals surface area (Å²) in [5.41, 5.74) is -0.138. The normalized spacial score (nSPS) is 49.5. The number of aliphatic hydroxyl groups excluding tert-OH is 1. The first-order chi connectivity index (χ1) is 16.1. The number of rotatable bonds is 2. The number of hydrogen-bond acceptors (Lipinski definition) is 5. The van der Waals surface area contributed by atoms with Crippen LogP contribution in [0.3, 0.4) is 0 Å². The van der Waals surface area contributed by atoms with Gasteiger partial charge in [-0.05, 0) is 86.9 Å². The van der Waals surface area contributed by atoms with Gasteiger partial charge in [0.15, 0.2) is 0 Å². The third kappa shape index (κ3) is 3.32. The molecule has 196 valence electrons. The van der Waals surface area contributed by atoms with Crippen molar-refractivity contribution >= 4 is 11.8 Å². The van der Waals surface area contributed by atoms with Gasteiger partial charge < -0.3 is 14.9 Å². The Labute approximate surface area is 211 Å². The molecule has 9 atom stereocenters. The number of cyclic esters (lactones) is 1. The standard InChI is InChI=1S/C30H46O5/c1-26(2)21-10-9-19-18(28(21,5)14-13-22(26)32)12-15-29(6)24(20(31)16-30(19,29)7)17-8-11-23(27(3,4)34)35-25(17)33/h9,17-18,20-21,23-24,31,34H,8,10-16H2,1-7H3. The summed E-state index contributed by atoms with van der Waals surface area (Å²) in [6, 6.07) is 0. The minimum absolute atomic E-state index is 0.0958. The van der Waals surface area contributed by atoms with Gasteiger partial charge in [-0.1, -0.05) is 46.3 Å². The van der Waals surface area contributed by atoms with Crippen LogP contribution < -0.4 is 0 Å². The fourth-order valence-electron chi connectivity index (χ4n) is 9.89. The number of hydrogen-bond donors (Lipinski definition) is 2. The highest BCUT2D eigenvalue weighted by Crippen LogP contribution is 2.73. The largest absolute Gasteiger partial charge is 0.459 e. The predicted octanol–water partition coefficient (Wildman–Crippen LogP) is 5.22. The van der Waals surface area contributed by atoms with Gasteiger partial charge in [0.2, 0.25) is 0 Å². The van der Waals surface area contributed by atoms with Crippen molar-refractivity contribution in [2.45, 2.75) is 118 Å². The number of aliphatic hydroxyl groups is 2. The molecular formula is C30H46O5. The molecule has 4 aliphatic carbocycles. The number of ketones is 1. The Bertz CT molecular complexity index is 958. The summed E-state index contributed by atoms with van der Waals surface area (Å²) in [6.45, 7) is 14.8. The number of fused-ring (bicyclic) bond motifs is 5. The molecule has 2 N–H and O–H groups in total. The average molecular weight is 487 g/mol. The first kappa shape index (κ1) is 25.4. The minimum Gasteiger partial charge on any atom is -0.459 e. The van der Waals surface area contributed by atoms with E-state index >= 15 is 0 Å². The molecule has 1 heterocycles. The Morgan fingerprint density at radius 3 is 2.34 bits per heavy atom. The summed E-state index contributed by atoms with van der Waals surface area (Å²) >= 11 is 0. The second kappa shape index (κ2) is 7.66. The maximum atomic E-state index is 13.2. The van der Waals surface area contributed by atoms with E-state index in [-0.39, 0.29) is 39.5 Å². The van der Waals surface area contributed by atoms with Crippen molar-refractivity contribution in [2.75, 3.05) is 0 Å². The van der Waals surface area contributed by atoms with Crippen LogP contribution in [0.15, 0.2) is 11.6 Å². The van der Waals surface area contributed by atoms with Crippen LogP contribution in [0.25, 0.3) is 0 Å². The van der Waals surface area contributed by atoms with Crippen LogP contribution in [0.5, 0.6) is 0 Å².